The van der Waals surface area contributed by atoms with Gasteiger partial charge in [0.25, 0.3) is 0 Å². The van der Waals surface area contributed by atoms with E-state index in [0.29, 0.717) is 10.7 Å². The van der Waals surface area contributed by atoms with Crippen LogP contribution in [-0.2, 0) is 0 Å². The molecule has 0 radical (unpaired) electrons. The van der Waals surface area contributed by atoms with E-state index in [1.165, 1.54) is 17.4 Å². The zero-order valence-corrected chi connectivity index (χ0v) is 10.1. The second kappa shape index (κ2) is 3.96. The van der Waals surface area contributed by atoms with Crippen LogP contribution < -0.4 is 0 Å². The Hall–Kier alpha value is -1.69. The van der Waals surface area contributed by atoms with Gasteiger partial charge in [0.2, 0.25) is 4.77 Å². The highest BCUT2D eigenvalue weighted by atomic mass is 32.1. The van der Waals surface area contributed by atoms with Crippen LogP contribution in [-0.4, -0.2) is 21.1 Å². The van der Waals surface area contributed by atoms with Crippen molar-refractivity contribution in [2.24, 2.45) is 11.0 Å². The van der Waals surface area contributed by atoms with E-state index in [1.54, 1.807) is 6.21 Å². The van der Waals surface area contributed by atoms with Crippen LogP contribution in [0.1, 0.15) is 30.8 Å². The van der Waals surface area contributed by atoms with Crippen LogP contribution >= 0.6 is 12.2 Å². The number of furan rings is 1. The molecule has 0 spiro atoms. The maximum atomic E-state index is 5.69. The number of hydrogen-bond donors (Lipinski definition) is 1. The van der Waals surface area contributed by atoms with Gasteiger partial charge in [-0.25, -0.2) is 0 Å². The van der Waals surface area contributed by atoms with Gasteiger partial charge >= 0.3 is 0 Å². The maximum Gasteiger partial charge on any atom is 0.216 e. The second-order valence-corrected chi connectivity index (χ2v) is 4.70. The quantitative estimate of drug-likeness (QED) is 0.670. The van der Waals surface area contributed by atoms with Crippen LogP contribution in [0.5, 0.6) is 0 Å². The average Bonchev–Trinajstić information content (AvgIpc) is 2.76. The number of rotatable bonds is 3. The normalized spacial score (nSPS) is 23.4. The highest BCUT2D eigenvalue weighted by Gasteiger charge is 2.36. The third-order valence-corrected chi connectivity index (χ3v) is 3.25. The number of H-pyrrole nitrogens is 1. The van der Waals surface area contributed by atoms with E-state index in [4.69, 9.17) is 16.6 Å². The minimum absolute atomic E-state index is 0.462. The molecule has 0 aromatic carbocycles. The van der Waals surface area contributed by atoms with Crippen molar-refractivity contribution in [3.05, 3.63) is 34.8 Å². The fourth-order valence-corrected chi connectivity index (χ4v) is 1.95. The molecule has 6 heteroatoms. The Bertz CT molecular complexity index is 609. The number of aromatic amines is 1. The number of hydrogen-bond acceptors (Lipinski definition) is 4. The van der Waals surface area contributed by atoms with Crippen molar-refractivity contribution in [2.45, 2.75) is 19.3 Å². The van der Waals surface area contributed by atoms with Crippen molar-refractivity contribution in [1.82, 2.24) is 14.9 Å². The minimum Gasteiger partial charge on any atom is -0.460 e. The van der Waals surface area contributed by atoms with E-state index in [9.17, 15) is 0 Å². The highest BCUT2D eigenvalue weighted by molar-refractivity contribution is 7.71. The van der Waals surface area contributed by atoms with E-state index < -0.39 is 0 Å². The molecule has 1 aliphatic carbocycles. The molecule has 0 unspecified atom stereocenters. The Morgan fingerprint density at radius 2 is 2.47 bits per heavy atom. The predicted molar refractivity (Wildman–Crippen MR) is 65.6 cm³/mol. The standard InChI is InChI=1S/C11H12N4OS/c1-7-4-9(7)10-3-2-8(16-10)5-13-15-6-12-14-11(15)17/h2-3,5-7,9H,4H2,1H3,(H,14,17)/b13-5-/t7-,9+/m1/s1. The lowest BCUT2D eigenvalue weighted by molar-refractivity contribution is 0.500. The summed E-state index contributed by atoms with van der Waals surface area (Å²) >= 11 is 4.97. The fourth-order valence-electron chi connectivity index (χ4n) is 1.80. The first kappa shape index (κ1) is 10.5. The van der Waals surface area contributed by atoms with Crippen LogP contribution in [0.2, 0.25) is 0 Å². The molecular weight excluding hydrogens is 236 g/mol. The predicted octanol–water partition coefficient (Wildman–Crippen LogP) is 2.54. The number of nitrogens with zero attached hydrogens (tertiary/aromatic N) is 3. The molecule has 17 heavy (non-hydrogen) atoms. The first-order chi connectivity index (χ1) is 8.24. The topological polar surface area (TPSA) is 59.1 Å². The van der Waals surface area contributed by atoms with Gasteiger partial charge in [-0.2, -0.15) is 14.9 Å². The molecule has 2 aromatic rings. The molecule has 1 saturated carbocycles. The van der Waals surface area contributed by atoms with Crippen LogP contribution in [0.25, 0.3) is 0 Å². The molecule has 0 saturated heterocycles. The second-order valence-electron chi connectivity index (χ2n) is 4.31. The SMILES string of the molecule is C[C@@H]1C[C@@H]1c1ccc(/C=N\n2cn[nH]c2=S)o1. The Morgan fingerprint density at radius 1 is 1.65 bits per heavy atom. The third kappa shape index (κ3) is 2.08. The molecular formula is C11H12N4OS. The van der Waals surface area contributed by atoms with Gasteiger partial charge in [0.15, 0.2) is 0 Å². The molecule has 2 heterocycles. The molecule has 0 aliphatic heterocycles. The van der Waals surface area contributed by atoms with Crippen LogP contribution in [0.3, 0.4) is 0 Å². The third-order valence-electron chi connectivity index (χ3n) is 2.97. The molecule has 0 bridgehead atoms. The largest absolute Gasteiger partial charge is 0.460 e. The average molecular weight is 248 g/mol. The number of nitrogens with one attached hydrogen (secondary N) is 1. The van der Waals surface area contributed by atoms with E-state index in [2.05, 4.69) is 22.2 Å². The zero-order valence-electron chi connectivity index (χ0n) is 9.33. The van der Waals surface area contributed by atoms with Crippen molar-refractivity contribution >= 4 is 18.4 Å². The maximum absolute atomic E-state index is 5.69. The van der Waals surface area contributed by atoms with Crippen molar-refractivity contribution in [3.8, 4) is 0 Å². The van der Waals surface area contributed by atoms with E-state index in [0.717, 1.165) is 17.4 Å². The summed E-state index contributed by atoms with van der Waals surface area (Å²) in [6.07, 6.45) is 4.38. The summed E-state index contributed by atoms with van der Waals surface area (Å²) in [5, 5.41) is 10.6. The van der Waals surface area contributed by atoms with Gasteiger partial charge in [0.05, 0.1) is 6.21 Å². The van der Waals surface area contributed by atoms with E-state index in [1.807, 2.05) is 12.1 Å². The molecule has 5 nitrogen and oxygen atoms in total. The van der Waals surface area contributed by atoms with Crippen LogP contribution in [0.4, 0.5) is 0 Å². The summed E-state index contributed by atoms with van der Waals surface area (Å²) in [5.74, 6) is 3.12. The Balaban J connectivity index is 1.77. The van der Waals surface area contributed by atoms with Crippen molar-refractivity contribution < 1.29 is 4.42 Å². The lowest BCUT2D eigenvalue weighted by atomic mass is 10.3. The Labute approximate surface area is 103 Å². The van der Waals surface area contributed by atoms with Crippen LogP contribution in [0, 0.1) is 10.7 Å². The summed E-state index contributed by atoms with van der Waals surface area (Å²) < 4.78 is 7.63. The van der Waals surface area contributed by atoms with Crippen LogP contribution in [0.15, 0.2) is 28.0 Å². The zero-order chi connectivity index (χ0) is 11.8. The van der Waals surface area contributed by atoms with Gasteiger partial charge in [-0.15, -0.1) is 0 Å². The summed E-state index contributed by atoms with van der Waals surface area (Å²) in [6.45, 7) is 2.23. The molecule has 1 fully saturated rings. The summed E-state index contributed by atoms with van der Waals surface area (Å²) in [5.41, 5.74) is 0. The summed E-state index contributed by atoms with van der Waals surface area (Å²) in [4.78, 5) is 0. The molecule has 1 aliphatic rings. The number of aromatic nitrogens is 3. The molecule has 2 aromatic heterocycles. The Morgan fingerprint density at radius 3 is 3.12 bits per heavy atom. The van der Waals surface area contributed by atoms with Gasteiger partial charge in [0.1, 0.15) is 17.8 Å². The summed E-state index contributed by atoms with van der Waals surface area (Å²) in [7, 11) is 0. The van der Waals surface area contributed by atoms with Crippen molar-refractivity contribution in [2.75, 3.05) is 0 Å². The van der Waals surface area contributed by atoms with E-state index >= 15 is 0 Å². The van der Waals surface area contributed by atoms with Crippen molar-refractivity contribution in [1.29, 1.82) is 0 Å². The highest BCUT2D eigenvalue weighted by Crippen LogP contribution is 2.47. The molecule has 88 valence electrons. The molecule has 0 amide bonds. The smallest absolute Gasteiger partial charge is 0.216 e. The van der Waals surface area contributed by atoms with Gasteiger partial charge in [-0.3, -0.25) is 5.10 Å². The first-order valence-corrected chi connectivity index (χ1v) is 5.91. The van der Waals surface area contributed by atoms with Crippen molar-refractivity contribution in [3.63, 3.8) is 0 Å². The van der Waals surface area contributed by atoms with Gasteiger partial charge < -0.3 is 4.42 Å². The summed E-state index contributed by atoms with van der Waals surface area (Å²) in [6, 6.07) is 3.94. The van der Waals surface area contributed by atoms with Gasteiger partial charge in [-0.05, 0) is 36.7 Å². The minimum atomic E-state index is 0.462. The lowest BCUT2D eigenvalue weighted by Crippen LogP contribution is -1.87. The van der Waals surface area contributed by atoms with Gasteiger partial charge in [-0.1, -0.05) is 6.92 Å². The fraction of sp³-hybridized carbons (Fsp3) is 0.364. The van der Waals surface area contributed by atoms with Gasteiger partial charge in [0, 0.05) is 5.92 Å². The Kier molecular flexibility index (Phi) is 2.44. The lowest BCUT2D eigenvalue weighted by Gasteiger charge is -1.90. The molecule has 1 N–H and O–H groups in total. The van der Waals surface area contributed by atoms with E-state index in [-0.39, 0.29) is 0 Å². The molecule has 2 atom stereocenters. The monoisotopic (exact) mass is 248 g/mol. The first-order valence-electron chi connectivity index (χ1n) is 5.50. The molecule has 3 rings (SSSR count).